The lowest BCUT2D eigenvalue weighted by Crippen LogP contribution is -2.12. The summed E-state index contributed by atoms with van der Waals surface area (Å²) in [5, 5.41) is 0.886. The molecule has 176 valence electrons. The molecule has 0 heterocycles. The molecule has 0 aromatic heterocycles. The molecule has 0 saturated heterocycles. The van der Waals surface area contributed by atoms with Crippen LogP contribution < -0.4 is 18.9 Å². The summed E-state index contributed by atoms with van der Waals surface area (Å²) in [5.41, 5.74) is 3.02. The van der Waals surface area contributed by atoms with Crippen LogP contribution in [-0.2, 0) is 4.79 Å². The molecule has 0 atom stereocenters. The lowest BCUT2D eigenvalue weighted by molar-refractivity contribution is -0.112. The monoisotopic (exact) mass is 490 g/mol. The predicted molar refractivity (Wildman–Crippen MR) is 133 cm³/mol. The molecular weight excluding hydrogens is 463 g/mol. The Hall–Kier alpha value is -2.63. The lowest BCUT2D eigenvalue weighted by atomic mass is 9.87. The van der Waals surface area contributed by atoms with Crippen molar-refractivity contribution < 1.29 is 23.7 Å². The first kappa shape index (κ1) is 25.0. The first-order valence-corrected chi connectivity index (χ1v) is 11.6. The summed E-state index contributed by atoms with van der Waals surface area (Å²) in [5.74, 6) is 2.08. The molecule has 1 aliphatic rings. The van der Waals surface area contributed by atoms with Gasteiger partial charge < -0.3 is 18.9 Å². The summed E-state index contributed by atoms with van der Waals surface area (Å²) in [6.07, 6.45) is 5.98. The number of carbonyl (C=O) groups excluding carboxylic acids is 1. The first-order chi connectivity index (χ1) is 15.9. The van der Waals surface area contributed by atoms with Gasteiger partial charge in [-0.2, -0.15) is 0 Å². The van der Waals surface area contributed by atoms with Gasteiger partial charge in [-0.25, -0.2) is 0 Å². The van der Waals surface area contributed by atoms with Gasteiger partial charge in [0.25, 0.3) is 0 Å². The second-order valence-corrected chi connectivity index (χ2v) is 8.27. The highest BCUT2D eigenvalue weighted by atomic mass is 35.5. The number of halogens is 2. The number of hydrogen-bond donors (Lipinski definition) is 0. The maximum atomic E-state index is 13.2. The van der Waals surface area contributed by atoms with Crippen molar-refractivity contribution in [1.82, 2.24) is 0 Å². The van der Waals surface area contributed by atoms with E-state index in [1.165, 1.54) is 0 Å². The van der Waals surface area contributed by atoms with E-state index in [9.17, 15) is 4.79 Å². The molecule has 0 radical (unpaired) electrons. The third kappa shape index (κ3) is 5.84. The summed E-state index contributed by atoms with van der Waals surface area (Å²) >= 11 is 12.8. The van der Waals surface area contributed by atoms with Crippen LogP contribution in [0.4, 0.5) is 0 Å². The zero-order valence-electron chi connectivity index (χ0n) is 19.3. The van der Waals surface area contributed by atoms with Crippen LogP contribution in [0.15, 0.2) is 35.4 Å². The SMILES string of the molecule is CCOc1c(Cl)cc(/C=C2/CCC/C(=C\c3cc(Cl)c(OCC)c(OC)c3)C2=O)cc1OC. The van der Waals surface area contributed by atoms with Crippen LogP contribution in [0.2, 0.25) is 10.0 Å². The number of benzene rings is 2. The van der Waals surface area contributed by atoms with E-state index in [1.807, 2.05) is 38.1 Å². The van der Waals surface area contributed by atoms with Crippen LogP contribution in [0.25, 0.3) is 12.2 Å². The van der Waals surface area contributed by atoms with Crippen LogP contribution >= 0.6 is 23.2 Å². The first-order valence-electron chi connectivity index (χ1n) is 10.9. The minimum atomic E-state index is 0.00852. The molecule has 1 aliphatic carbocycles. The molecule has 0 unspecified atom stereocenters. The van der Waals surface area contributed by atoms with Gasteiger partial charge in [-0.3, -0.25) is 4.79 Å². The molecule has 5 nitrogen and oxygen atoms in total. The molecule has 3 rings (SSSR count). The zero-order valence-corrected chi connectivity index (χ0v) is 20.8. The Morgan fingerprint density at radius 3 is 1.58 bits per heavy atom. The Kier molecular flexibility index (Phi) is 8.70. The summed E-state index contributed by atoms with van der Waals surface area (Å²) in [7, 11) is 3.13. The van der Waals surface area contributed by atoms with Crippen LogP contribution in [-0.4, -0.2) is 33.2 Å². The van der Waals surface area contributed by atoms with E-state index in [1.54, 1.807) is 26.4 Å². The molecule has 0 bridgehead atoms. The van der Waals surface area contributed by atoms with Crippen molar-refractivity contribution in [3.05, 3.63) is 56.6 Å². The Bertz CT molecular complexity index is 1010. The van der Waals surface area contributed by atoms with Crippen LogP contribution in [0.5, 0.6) is 23.0 Å². The summed E-state index contributed by atoms with van der Waals surface area (Å²) < 4.78 is 22.0. The standard InChI is InChI=1S/C26H28Cl2O5/c1-5-32-25-20(27)12-16(14-22(25)30-3)10-18-8-7-9-19(24(18)29)11-17-13-21(28)26(33-6-2)23(15-17)31-4/h10-15H,5-9H2,1-4H3/b18-10-,19-11+. The number of ether oxygens (including phenoxy) is 4. The molecule has 0 aliphatic heterocycles. The van der Waals surface area contributed by atoms with Crippen molar-refractivity contribution in [2.75, 3.05) is 27.4 Å². The highest BCUT2D eigenvalue weighted by Gasteiger charge is 2.22. The van der Waals surface area contributed by atoms with Gasteiger partial charge in [0.15, 0.2) is 28.8 Å². The number of ketones is 1. The van der Waals surface area contributed by atoms with Gasteiger partial charge in [0.05, 0.1) is 37.5 Å². The fraction of sp³-hybridized carbons (Fsp3) is 0.346. The number of allylic oxidation sites excluding steroid dienone is 2. The van der Waals surface area contributed by atoms with Gasteiger partial charge in [-0.05, 0) is 80.7 Å². The van der Waals surface area contributed by atoms with Crippen LogP contribution in [0, 0.1) is 0 Å². The van der Waals surface area contributed by atoms with Crippen molar-refractivity contribution in [2.24, 2.45) is 0 Å². The van der Waals surface area contributed by atoms with Crippen molar-refractivity contribution in [2.45, 2.75) is 33.1 Å². The van der Waals surface area contributed by atoms with Gasteiger partial charge in [0, 0.05) is 11.1 Å². The molecule has 1 saturated carbocycles. The topological polar surface area (TPSA) is 54.0 Å². The van der Waals surface area contributed by atoms with Gasteiger partial charge in [-0.1, -0.05) is 23.2 Å². The maximum absolute atomic E-state index is 13.2. The number of hydrogen-bond acceptors (Lipinski definition) is 5. The van der Waals surface area contributed by atoms with E-state index < -0.39 is 0 Å². The summed E-state index contributed by atoms with van der Waals surface area (Å²) in [6, 6.07) is 7.22. The van der Waals surface area contributed by atoms with Gasteiger partial charge in [0.1, 0.15) is 0 Å². The van der Waals surface area contributed by atoms with Crippen molar-refractivity contribution in [3.63, 3.8) is 0 Å². The van der Waals surface area contributed by atoms with Gasteiger partial charge >= 0.3 is 0 Å². The largest absolute Gasteiger partial charge is 0.493 e. The fourth-order valence-corrected chi connectivity index (χ4v) is 4.34. The van der Waals surface area contributed by atoms with E-state index in [0.717, 1.165) is 28.7 Å². The van der Waals surface area contributed by atoms with E-state index in [2.05, 4.69) is 0 Å². The maximum Gasteiger partial charge on any atom is 0.185 e. The van der Waals surface area contributed by atoms with Crippen molar-refractivity contribution in [1.29, 1.82) is 0 Å². The average Bonchev–Trinajstić information content (AvgIpc) is 2.79. The Morgan fingerprint density at radius 2 is 1.21 bits per heavy atom. The summed E-state index contributed by atoms with van der Waals surface area (Å²) in [4.78, 5) is 13.2. The zero-order chi connectivity index (χ0) is 24.0. The molecule has 1 fully saturated rings. The fourth-order valence-electron chi connectivity index (χ4n) is 3.80. The average molecular weight is 491 g/mol. The Balaban J connectivity index is 1.93. The molecule has 0 N–H and O–H groups in total. The van der Waals surface area contributed by atoms with Crippen molar-refractivity contribution >= 4 is 41.1 Å². The normalized spacial score (nSPS) is 16.2. The quantitative estimate of drug-likeness (QED) is 0.371. The molecule has 33 heavy (non-hydrogen) atoms. The van der Waals surface area contributed by atoms with E-state index in [-0.39, 0.29) is 5.78 Å². The molecule has 0 spiro atoms. The van der Waals surface area contributed by atoms with Crippen LogP contribution in [0.1, 0.15) is 44.2 Å². The molecule has 0 amide bonds. The number of carbonyl (C=O) groups is 1. The highest BCUT2D eigenvalue weighted by Crippen LogP contribution is 2.39. The minimum Gasteiger partial charge on any atom is -0.493 e. The molecule has 2 aromatic rings. The third-order valence-corrected chi connectivity index (χ3v) is 5.80. The molecule has 7 heteroatoms. The minimum absolute atomic E-state index is 0.00852. The molecule has 2 aromatic carbocycles. The van der Waals surface area contributed by atoms with E-state index in [4.69, 9.17) is 42.1 Å². The van der Waals surface area contributed by atoms with Gasteiger partial charge in [0.2, 0.25) is 0 Å². The second kappa shape index (κ2) is 11.5. The van der Waals surface area contributed by atoms with E-state index >= 15 is 0 Å². The number of rotatable bonds is 8. The molecular formula is C26H28Cl2O5. The Morgan fingerprint density at radius 1 is 0.788 bits per heavy atom. The summed E-state index contributed by atoms with van der Waals surface area (Å²) in [6.45, 7) is 4.72. The van der Waals surface area contributed by atoms with Gasteiger partial charge in [-0.15, -0.1) is 0 Å². The lowest BCUT2D eigenvalue weighted by Gasteiger charge is -2.18. The second-order valence-electron chi connectivity index (χ2n) is 7.46. The Labute approximate surface area is 204 Å². The highest BCUT2D eigenvalue weighted by molar-refractivity contribution is 6.33. The third-order valence-electron chi connectivity index (χ3n) is 5.24. The predicted octanol–water partition coefficient (Wildman–Crippen LogP) is 7.03. The van der Waals surface area contributed by atoms with Crippen LogP contribution in [0.3, 0.4) is 0 Å². The smallest absolute Gasteiger partial charge is 0.185 e. The van der Waals surface area contributed by atoms with Crippen molar-refractivity contribution in [3.8, 4) is 23.0 Å². The number of methoxy groups -OCH3 is 2. The van der Waals surface area contributed by atoms with E-state index in [0.29, 0.717) is 59.1 Å². The number of Topliss-reactive ketones (excluding diaryl/α,β-unsaturated/α-hetero) is 1.